The van der Waals surface area contributed by atoms with Gasteiger partial charge in [-0.3, -0.25) is 0 Å². The van der Waals surface area contributed by atoms with E-state index in [2.05, 4.69) is 32.9 Å². The second-order valence-electron chi connectivity index (χ2n) is 3.51. The quantitative estimate of drug-likeness (QED) is 0.683. The lowest BCUT2D eigenvalue weighted by Gasteiger charge is -2.06. The summed E-state index contributed by atoms with van der Waals surface area (Å²) in [6, 6.07) is 0. The molecule has 2 N–H and O–H groups in total. The molecule has 0 spiro atoms. The van der Waals surface area contributed by atoms with Crippen LogP contribution in [0.1, 0.15) is 12.6 Å². The number of imidazole rings is 1. The van der Waals surface area contributed by atoms with Crippen LogP contribution in [0.25, 0.3) is 11.2 Å². The van der Waals surface area contributed by atoms with Gasteiger partial charge < -0.3 is 15.0 Å². The number of aliphatic hydroxyl groups excluding tert-OH is 1. The maximum absolute atomic E-state index is 8.78. The maximum atomic E-state index is 8.78. The molecule has 2 aromatic heterocycles. The molecule has 17 heavy (non-hydrogen) atoms. The van der Waals surface area contributed by atoms with Gasteiger partial charge in [0.05, 0.1) is 18.6 Å². The van der Waals surface area contributed by atoms with Gasteiger partial charge in [-0.15, -0.1) is 0 Å². The second kappa shape index (κ2) is 5.33. The fraction of sp³-hybridized carbons (Fsp3) is 0.500. The van der Waals surface area contributed by atoms with E-state index < -0.39 is 0 Å². The van der Waals surface area contributed by atoms with Gasteiger partial charge in [-0.05, 0) is 6.92 Å². The highest BCUT2D eigenvalue weighted by molar-refractivity contribution is 7.79. The Morgan fingerprint density at radius 3 is 2.94 bits per heavy atom. The summed E-state index contributed by atoms with van der Waals surface area (Å²) in [5.41, 5.74) is 2.38. The van der Waals surface area contributed by atoms with E-state index in [1.165, 1.54) is 0 Å². The molecule has 0 atom stereocenters. The van der Waals surface area contributed by atoms with E-state index in [0.717, 1.165) is 23.4 Å². The third-order valence-corrected chi connectivity index (χ3v) is 2.72. The van der Waals surface area contributed by atoms with Crippen molar-refractivity contribution in [1.29, 1.82) is 0 Å². The summed E-state index contributed by atoms with van der Waals surface area (Å²) >= 11 is 4.25. The smallest absolute Gasteiger partial charge is 0.225 e. The van der Waals surface area contributed by atoms with Crippen molar-refractivity contribution in [1.82, 2.24) is 19.5 Å². The zero-order valence-corrected chi connectivity index (χ0v) is 10.5. The molecule has 0 aromatic carbocycles. The molecule has 2 heterocycles. The number of nitrogens with one attached hydrogen (secondary N) is 1. The first-order chi connectivity index (χ1) is 8.30. The Labute approximate surface area is 105 Å². The first-order valence-electron chi connectivity index (χ1n) is 5.47. The molecule has 0 radical (unpaired) electrons. The molecule has 7 heteroatoms. The van der Waals surface area contributed by atoms with Crippen LogP contribution in [0.2, 0.25) is 0 Å². The Hall–Kier alpha value is -1.34. The number of aliphatic hydroxyl groups is 1. The molecule has 0 aliphatic heterocycles. The minimum absolute atomic E-state index is 0.0463. The molecule has 0 aliphatic rings. The maximum Gasteiger partial charge on any atom is 0.225 e. The number of hydrogen-bond donors (Lipinski definition) is 3. The Balaban J connectivity index is 2.49. The Bertz CT molecular complexity index is 513. The zero-order chi connectivity index (χ0) is 12.3. The van der Waals surface area contributed by atoms with Crippen LogP contribution in [0.5, 0.6) is 0 Å². The number of hydrogen-bond acceptors (Lipinski definition) is 6. The topological polar surface area (TPSA) is 75.9 Å². The highest BCUT2D eigenvalue weighted by Gasteiger charge is 2.11. The normalized spacial score (nSPS) is 11.0. The van der Waals surface area contributed by atoms with Crippen molar-refractivity contribution in [2.24, 2.45) is 0 Å². The van der Waals surface area contributed by atoms with Gasteiger partial charge in [-0.25, -0.2) is 9.97 Å². The number of fused-ring (bicyclic) bond motifs is 1. The van der Waals surface area contributed by atoms with E-state index in [-0.39, 0.29) is 6.61 Å². The second-order valence-corrected chi connectivity index (χ2v) is 3.82. The SMILES string of the molecule is CCn1cnc2c(CS)nc(NCCO)nc21. The average molecular weight is 253 g/mol. The van der Waals surface area contributed by atoms with Crippen LogP contribution < -0.4 is 5.32 Å². The largest absolute Gasteiger partial charge is 0.395 e. The molecule has 6 nitrogen and oxygen atoms in total. The van der Waals surface area contributed by atoms with E-state index in [1.54, 1.807) is 6.33 Å². The number of anilines is 1. The van der Waals surface area contributed by atoms with Gasteiger partial charge >= 0.3 is 0 Å². The van der Waals surface area contributed by atoms with Crippen LogP contribution in [-0.4, -0.2) is 37.8 Å². The summed E-state index contributed by atoms with van der Waals surface area (Å²) in [4.78, 5) is 13.0. The van der Waals surface area contributed by atoms with Gasteiger partial charge in [-0.1, -0.05) is 0 Å². The van der Waals surface area contributed by atoms with Crippen LogP contribution in [0.15, 0.2) is 6.33 Å². The van der Waals surface area contributed by atoms with Crippen molar-refractivity contribution in [3.63, 3.8) is 0 Å². The molecule has 0 saturated carbocycles. The molecule has 0 bridgehead atoms. The Morgan fingerprint density at radius 1 is 1.47 bits per heavy atom. The van der Waals surface area contributed by atoms with Gasteiger partial charge in [0.15, 0.2) is 5.65 Å². The van der Waals surface area contributed by atoms with Gasteiger partial charge in [0.2, 0.25) is 5.95 Å². The van der Waals surface area contributed by atoms with Crippen molar-refractivity contribution in [3.05, 3.63) is 12.0 Å². The minimum atomic E-state index is 0.0463. The number of aryl methyl sites for hydroxylation is 1. The van der Waals surface area contributed by atoms with E-state index in [4.69, 9.17) is 5.11 Å². The summed E-state index contributed by atoms with van der Waals surface area (Å²) in [6.45, 7) is 3.31. The van der Waals surface area contributed by atoms with Crippen LogP contribution in [0.4, 0.5) is 5.95 Å². The predicted octanol–water partition coefficient (Wildman–Crippen LogP) is 0.680. The fourth-order valence-electron chi connectivity index (χ4n) is 1.59. The first kappa shape index (κ1) is 12.1. The van der Waals surface area contributed by atoms with Gasteiger partial charge in [0.25, 0.3) is 0 Å². The highest BCUT2D eigenvalue weighted by atomic mass is 32.1. The Kier molecular flexibility index (Phi) is 3.80. The Morgan fingerprint density at radius 2 is 2.29 bits per heavy atom. The lowest BCUT2D eigenvalue weighted by atomic mass is 10.4. The molecule has 92 valence electrons. The molecule has 2 rings (SSSR count). The monoisotopic (exact) mass is 253 g/mol. The molecule has 0 fully saturated rings. The summed E-state index contributed by atoms with van der Waals surface area (Å²) in [7, 11) is 0. The van der Waals surface area contributed by atoms with Crippen LogP contribution in [0, 0.1) is 0 Å². The van der Waals surface area contributed by atoms with Crippen LogP contribution in [0.3, 0.4) is 0 Å². The first-order valence-corrected chi connectivity index (χ1v) is 6.10. The highest BCUT2D eigenvalue weighted by Crippen LogP contribution is 2.17. The summed E-state index contributed by atoms with van der Waals surface area (Å²) < 4.78 is 1.95. The number of rotatable bonds is 5. The van der Waals surface area contributed by atoms with E-state index in [0.29, 0.717) is 18.2 Å². The molecule has 2 aromatic rings. The molecular formula is C10H15N5OS. The lowest BCUT2D eigenvalue weighted by molar-refractivity contribution is 0.311. The standard InChI is InChI=1S/C10H15N5OS/c1-2-15-6-12-8-7(5-17)13-10(11-3-4-16)14-9(8)15/h6,16-17H,2-5H2,1H3,(H,11,13,14). The van der Waals surface area contributed by atoms with E-state index in [9.17, 15) is 0 Å². The average Bonchev–Trinajstić information content (AvgIpc) is 2.78. The molecule has 0 amide bonds. The van der Waals surface area contributed by atoms with Gasteiger partial charge in [0, 0.05) is 18.8 Å². The van der Waals surface area contributed by atoms with Gasteiger partial charge in [0.1, 0.15) is 5.52 Å². The van der Waals surface area contributed by atoms with Crippen molar-refractivity contribution in [2.45, 2.75) is 19.2 Å². The van der Waals surface area contributed by atoms with Crippen molar-refractivity contribution in [2.75, 3.05) is 18.5 Å². The van der Waals surface area contributed by atoms with Crippen molar-refractivity contribution < 1.29 is 5.11 Å². The van der Waals surface area contributed by atoms with Crippen LogP contribution >= 0.6 is 12.6 Å². The van der Waals surface area contributed by atoms with Crippen molar-refractivity contribution in [3.8, 4) is 0 Å². The zero-order valence-electron chi connectivity index (χ0n) is 9.59. The number of nitrogens with zero attached hydrogens (tertiary/aromatic N) is 4. The molecular weight excluding hydrogens is 238 g/mol. The minimum Gasteiger partial charge on any atom is -0.395 e. The van der Waals surface area contributed by atoms with E-state index >= 15 is 0 Å². The summed E-state index contributed by atoms with van der Waals surface area (Å²) in [5.74, 6) is 1.01. The van der Waals surface area contributed by atoms with Gasteiger partial charge in [-0.2, -0.15) is 17.6 Å². The number of aromatic nitrogens is 4. The third-order valence-electron chi connectivity index (χ3n) is 2.42. The van der Waals surface area contributed by atoms with E-state index in [1.807, 2.05) is 11.5 Å². The van der Waals surface area contributed by atoms with Crippen molar-refractivity contribution >= 4 is 29.7 Å². The summed E-state index contributed by atoms with van der Waals surface area (Å²) in [6.07, 6.45) is 1.75. The molecule has 0 saturated heterocycles. The predicted molar refractivity (Wildman–Crippen MR) is 69.3 cm³/mol. The third kappa shape index (κ3) is 2.34. The summed E-state index contributed by atoms with van der Waals surface area (Å²) in [5, 5.41) is 11.7. The fourth-order valence-corrected chi connectivity index (χ4v) is 1.81. The van der Waals surface area contributed by atoms with Crippen LogP contribution in [-0.2, 0) is 12.3 Å². The lowest BCUT2D eigenvalue weighted by Crippen LogP contribution is -2.10. The number of thiol groups is 1. The molecule has 0 aliphatic carbocycles. The molecule has 0 unspecified atom stereocenters.